The van der Waals surface area contributed by atoms with Crippen LogP contribution in [0, 0.1) is 0 Å². The number of para-hydroxylation sites is 8. The minimum atomic E-state index is -0.221. The van der Waals surface area contributed by atoms with E-state index in [-0.39, 0.29) is 26.9 Å². The number of hydrogen-bond donors (Lipinski definition) is 0. The van der Waals surface area contributed by atoms with Gasteiger partial charge in [-0.2, -0.15) is 0 Å². The molecule has 0 unspecified atom stereocenters. The molecule has 7 aromatic heterocycles. The summed E-state index contributed by atoms with van der Waals surface area (Å²) in [6, 6.07) is 175. The Balaban J connectivity index is 0.0000000942. The minimum absolute atomic E-state index is 0.00743. The number of furan rings is 5. The van der Waals surface area contributed by atoms with Gasteiger partial charge in [-0.3, -0.25) is 0 Å². The van der Waals surface area contributed by atoms with Crippen LogP contribution in [-0.4, -0.2) is 46.4 Å². The summed E-state index contributed by atoms with van der Waals surface area (Å²) < 4.78 is 35.0. The van der Waals surface area contributed by atoms with Crippen molar-refractivity contribution in [2.75, 3.05) is 0 Å². The van der Waals surface area contributed by atoms with Crippen molar-refractivity contribution in [2.45, 2.75) is 0 Å². The maximum Gasteiger partial charge on any atom is 0.291 e. The SMILES string of the molecule is c1ccc(-c2nc(B3c4ccccc4-c4oc5ccccc5c4-c4ccccc43)nc(-c3ccccc3)n2)cc1.c1ccc(B2c3ccccc3-c3oc4ccccc4c3-c3ccccc32)cc1.c1ccc2c(c1)B(c1ccc(-n3c4ccccc4c4ccccc43)cc1)c1ccccc1-c1c-2oc2ccccc12.c1ccc2c(c1)B(c1cccc3c1oc1ccccc13)c1ccccc1-c1c-2oc2ccccc12. The number of aromatic nitrogens is 4. The van der Waals surface area contributed by atoms with E-state index in [0.29, 0.717) is 17.4 Å². The average Bonchev–Trinajstić information content (AvgIpc) is 1.57. The van der Waals surface area contributed by atoms with Crippen LogP contribution in [0.25, 0.3) is 206 Å². The summed E-state index contributed by atoms with van der Waals surface area (Å²) in [5, 5.41) is 9.44. The van der Waals surface area contributed by atoms with Gasteiger partial charge in [0.25, 0.3) is 6.71 Å². The number of hydrogen-bond acceptors (Lipinski definition) is 8. The Kier molecular flexibility index (Phi) is 20.2. The van der Waals surface area contributed by atoms with Crippen LogP contribution >= 0.6 is 0 Å². The van der Waals surface area contributed by atoms with Gasteiger partial charge in [-0.05, 0) is 82.3 Å². The lowest BCUT2D eigenvalue weighted by molar-refractivity contribution is 0.632. The Morgan fingerprint density at radius 3 is 0.826 bits per heavy atom. The van der Waals surface area contributed by atoms with Gasteiger partial charge in [-0.1, -0.05) is 497 Å². The molecular formula is C131H82B4N4O5. The predicted octanol–water partition coefficient (Wildman–Crippen LogP) is 24.9. The van der Waals surface area contributed by atoms with Crippen molar-refractivity contribution in [3.05, 3.63) is 497 Å². The summed E-state index contributed by atoms with van der Waals surface area (Å²) in [5.41, 5.74) is 39.5. The van der Waals surface area contributed by atoms with Crippen molar-refractivity contribution < 1.29 is 22.1 Å². The summed E-state index contributed by atoms with van der Waals surface area (Å²) >= 11 is 0. The average molecular weight is 1840 g/mol. The molecule has 9 nitrogen and oxygen atoms in total. The van der Waals surface area contributed by atoms with Crippen LogP contribution in [0.15, 0.2) is 520 Å². The Morgan fingerprint density at radius 1 is 0.174 bits per heavy atom. The highest BCUT2D eigenvalue weighted by Crippen LogP contribution is 2.48. The quantitative estimate of drug-likeness (QED) is 0.145. The highest BCUT2D eigenvalue weighted by molar-refractivity contribution is 7.00. The Morgan fingerprint density at radius 2 is 0.438 bits per heavy atom. The van der Waals surface area contributed by atoms with Gasteiger partial charge in [-0.25, -0.2) is 15.0 Å². The summed E-state index contributed by atoms with van der Waals surface area (Å²) in [4.78, 5) is 15.2. The zero-order valence-corrected chi connectivity index (χ0v) is 78.0. The second-order valence-electron chi connectivity index (χ2n) is 37.4. The molecule has 0 N–H and O–H groups in total. The maximum atomic E-state index is 6.58. The summed E-state index contributed by atoms with van der Waals surface area (Å²) in [6.07, 6.45) is 0. The predicted molar refractivity (Wildman–Crippen MR) is 599 cm³/mol. The largest absolute Gasteiger partial charge is 0.457 e. The van der Waals surface area contributed by atoms with Crippen molar-refractivity contribution in [1.82, 2.24) is 19.5 Å². The first-order chi connectivity index (χ1) is 71.5. The van der Waals surface area contributed by atoms with Gasteiger partial charge in [0, 0.05) is 104 Å². The fourth-order valence-corrected chi connectivity index (χ4v) is 23.4. The molecule has 31 rings (SSSR count). The van der Waals surface area contributed by atoms with Gasteiger partial charge in [0.15, 0.2) is 11.6 Å². The zero-order chi connectivity index (χ0) is 94.8. The molecule has 20 aromatic carbocycles. The third-order valence-electron chi connectivity index (χ3n) is 29.5. The number of rotatable bonds is 7. The topological polar surface area (TPSA) is 109 Å². The number of nitrogens with zero attached hydrogens (tertiary/aromatic N) is 4. The van der Waals surface area contributed by atoms with E-state index in [1.807, 2.05) is 97.1 Å². The van der Waals surface area contributed by atoms with Gasteiger partial charge in [0.1, 0.15) is 62.3 Å². The lowest BCUT2D eigenvalue weighted by Gasteiger charge is -2.19. The van der Waals surface area contributed by atoms with Crippen LogP contribution in [-0.2, 0) is 0 Å². The standard InChI is InChI=1S/C38H24BNO.C35H22BN3O.C32H19BO2.C26H17BO/c1-6-16-32-29(13-1)37-31-15-5-10-20-36(31)41-38(37)30-14-2-7-17-33(30)39(32)25-21-23-26(24-22-25)40-34-18-8-3-11-27(34)28-12-4-9-19-35(28)40;1-3-13-23(14-4-1)33-37-34(24-15-5-2-6-16-24)39-35(38-33)36-28-20-10-7-17-25(28)31-27-19-9-12-22-30(27)40-32(31)26-18-8-11-21-29(26)36;1-5-15-25-22(11-1)30-24-13-4-8-19-29(24)35-32(30)23-12-2-6-16-26(23)33(25)27-17-9-14-21-20-10-3-7-18-28(20)34-31(21)27;1-2-10-18(11-3-1)27-22-15-7-4-12-19(22)25-21-14-6-9-17-24(21)28-26(25)20-13-5-8-16-23(20)27/h1-24H;1-22H;1-19H;1-17H. The van der Waals surface area contributed by atoms with Crippen LogP contribution in [0.5, 0.6) is 0 Å². The molecule has 0 atom stereocenters. The van der Waals surface area contributed by atoms with E-state index in [1.54, 1.807) is 0 Å². The van der Waals surface area contributed by atoms with E-state index in [2.05, 4.69) is 405 Å². The van der Waals surface area contributed by atoms with Crippen LogP contribution in [0.3, 0.4) is 0 Å². The molecular weight excluding hydrogens is 1750 g/mol. The van der Waals surface area contributed by atoms with Crippen LogP contribution < -0.4 is 65.8 Å². The summed E-state index contributed by atoms with van der Waals surface area (Å²) in [6.45, 7) is 0.0423. The van der Waals surface area contributed by atoms with Crippen molar-refractivity contribution >= 4 is 180 Å². The smallest absolute Gasteiger partial charge is 0.291 e. The van der Waals surface area contributed by atoms with Crippen molar-refractivity contribution in [3.8, 4) is 118 Å². The third-order valence-corrected chi connectivity index (χ3v) is 29.5. The van der Waals surface area contributed by atoms with E-state index in [1.165, 1.54) is 121 Å². The lowest BCUT2D eigenvalue weighted by Crippen LogP contribution is -2.55. The Bertz CT molecular complexity index is 9630. The van der Waals surface area contributed by atoms with Crippen molar-refractivity contribution in [2.24, 2.45) is 0 Å². The molecule has 0 saturated heterocycles. The lowest BCUT2D eigenvalue weighted by atomic mass is 9.35. The molecule has 0 aliphatic carbocycles. The summed E-state index contributed by atoms with van der Waals surface area (Å²) in [5.74, 6) is 5.07. The zero-order valence-electron chi connectivity index (χ0n) is 78.0. The van der Waals surface area contributed by atoms with Crippen molar-refractivity contribution in [3.63, 3.8) is 0 Å². The van der Waals surface area contributed by atoms with E-state index >= 15 is 0 Å². The van der Waals surface area contributed by atoms with Crippen LogP contribution in [0.1, 0.15) is 0 Å². The van der Waals surface area contributed by atoms with Gasteiger partial charge >= 0.3 is 0 Å². The molecule has 4 aliphatic heterocycles. The third kappa shape index (κ3) is 13.8. The molecule has 0 fully saturated rings. The van der Waals surface area contributed by atoms with E-state index in [0.717, 1.165) is 133 Å². The normalized spacial score (nSPS) is 12.2. The molecule has 11 heterocycles. The first kappa shape index (κ1) is 83.6. The summed E-state index contributed by atoms with van der Waals surface area (Å²) in [7, 11) is 0. The van der Waals surface area contributed by atoms with Gasteiger partial charge in [0.05, 0.1) is 11.0 Å². The highest BCUT2D eigenvalue weighted by atomic mass is 16.4. The van der Waals surface area contributed by atoms with Gasteiger partial charge in [0.2, 0.25) is 20.1 Å². The molecule has 0 bridgehead atoms. The highest BCUT2D eigenvalue weighted by Gasteiger charge is 2.41. The van der Waals surface area contributed by atoms with Gasteiger partial charge in [-0.15, -0.1) is 0 Å². The Hall–Kier alpha value is -18.6. The molecule has 4 aliphatic rings. The van der Waals surface area contributed by atoms with Crippen molar-refractivity contribution in [1.29, 1.82) is 0 Å². The molecule has 13 heteroatoms. The molecule has 0 saturated carbocycles. The second-order valence-corrected chi connectivity index (χ2v) is 37.4. The van der Waals surface area contributed by atoms with E-state index in [9.17, 15) is 0 Å². The number of fused-ring (bicyclic) bond motifs is 34. The van der Waals surface area contributed by atoms with E-state index < -0.39 is 0 Å². The first-order valence-corrected chi connectivity index (χ1v) is 49.2. The first-order valence-electron chi connectivity index (χ1n) is 49.2. The second kappa shape index (κ2) is 34.8. The Labute approximate surface area is 831 Å². The maximum absolute atomic E-state index is 6.58. The number of benzene rings is 20. The fourth-order valence-electron chi connectivity index (χ4n) is 23.4. The van der Waals surface area contributed by atoms with Crippen LogP contribution in [0.2, 0.25) is 0 Å². The molecule has 0 amide bonds. The molecule has 668 valence electrons. The molecule has 144 heavy (non-hydrogen) atoms. The molecule has 27 aromatic rings. The molecule has 0 radical (unpaired) electrons. The van der Waals surface area contributed by atoms with Gasteiger partial charge < -0.3 is 26.7 Å². The monoisotopic (exact) mass is 1830 g/mol. The van der Waals surface area contributed by atoms with E-state index in [4.69, 9.17) is 37.0 Å². The molecule has 0 spiro atoms. The fraction of sp³-hybridized carbons (Fsp3) is 0. The minimum Gasteiger partial charge on any atom is -0.457 e. The van der Waals surface area contributed by atoms with Crippen LogP contribution in [0.4, 0.5) is 0 Å².